The summed E-state index contributed by atoms with van der Waals surface area (Å²) in [5.74, 6) is -2.72. The maximum Gasteiger partial charge on any atom is 0.315 e. The molecular formula is C12H20N2O5. The number of carboxylic acids is 1. The van der Waals surface area contributed by atoms with E-state index in [1.165, 1.54) is 14.0 Å². The van der Waals surface area contributed by atoms with Crippen LogP contribution in [-0.4, -0.2) is 60.6 Å². The van der Waals surface area contributed by atoms with E-state index in [0.717, 1.165) is 0 Å². The lowest BCUT2D eigenvalue weighted by Crippen LogP contribution is -2.49. The van der Waals surface area contributed by atoms with E-state index >= 15 is 0 Å². The first-order valence-electron chi connectivity index (χ1n) is 6.25. The number of amides is 2. The van der Waals surface area contributed by atoms with Gasteiger partial charge in [0, 0.05) is 26.2 Å². The van der Waals surface area contributed by atoms with Gasteiger partial charge in [-0.05, 0) is 19.8 Å². The Kier molecular flexibility index (Phi) is 5.75. The van der Waals surface area contributed by atoms with Crippen molar-refractivity contribution in [2.75, 3.05) is 26.8 Å². The molecule has 1 aliphatic rings. The van der Waals surface area contributed by atoms with Crippen molar-refractivity contribution in [2.24, 2.45) is 5.92 Å². The van der Waals surface area contributed by atoms with E-state index in [1.54, 1.807) is 4.90 Å². The fourth-order valence-electron chi connectivity index (χ4n) is 1.93. The number of piperidine rings is 1. The van der Waals surface area contributed by atoms with Crippen molar-refractivity contribution in [3.8, 4) is 0 Å². The third-order valence-electron chi connectivity index (χ3n) is 3.23. The van der Waals surface area contributed by atoms with Crippen LogP contribution in [0.25, 0.3) is 0 Å². The Hall–Kier alpha value is -1.63. The van der Waals surface area contributed by atoms with Gasteiger partial charge in [0.2, 0.25) is 11.8 Å². The Labute approximate surface area is 111 Å². The summed E-state index contributed by atoms with van der Waals surface area (Å²) in [6.07, 6.45) is 1.26. The minimum absolute atomic E-state index is 0.0626. The molecule has 1 atom stereocenters. The van der Waals surface area contributed by atoms with E-state index in [4.69, 9.17) is 9.84 Å². The van der Waals surface area contributed by atoms with Gasteiger partial charge < -0.3 is 20.1 Å². The number of carboxylic acid groups (broad SMARTS) is 1. The first kappa shape index (κ1) is 15.4. The zero-order valence-corrected chi connectivity index (χ0v) is 11.2. The van der Waals surface area contributed by atoms with Gasteiger partial charge in [-0.25, -0.2) is 0 Å². The molecule has 2 amide bonds. The molecule has 0 saturated carbocycles. The molecule has 0 spiro atoms. The SMILES string of the molecule is COCC(=O)N1CCC(NC(=O)C(C)C(=O)O)CC1. The van der Waals surface area contributed by atoms with Crippen molar-refractivity contribution in [3.05, 3.63) is 0 Å². The maximum atomic E-state index is 11.6. The number of ether oxygens (including phenoxy) is 1. The van der Waals surface area contributed by atoms with E-state index in [9.17, 15) is 14.4 Å². The normalized spacial score (nSPS) is 17.9. The van der Waals surface area contributed by atoms with E-state index in [1.807, 2.05) is 0 Å². The van der Waals surface area contributed by atoms with Crippen molar-refractivity contribution in [1.82, 2.24) is 10.2 Å². The number of rotatable bonds is 5. The molecule has 1 unspecified atom stereocenters. The lowest BCUT2D eigenvalue weighted by molar-refractivity contribution is -0.146. The van der Waals surface area contributed by atoms with Crippen molar-refractivity contribution in [3.63, 3.8) is 0 Å². The van der Waals surface area contributed by atoms with E-state index in [2.05, 4.69) is 5.32 Å². The second-order valence-corrected chi connectivity index (χ2v) is 4.66. The molecule has 2 N–H and O–H groups in total. The molecule has 19 heavy (non-hydrogen) atoms. The average Bonchev–Trinajstić information content (AvgIpc) is 2.38. The van der Waals surface area contributed by atoms with Crippen LogP contribution in [0.3, 0.4) is 0 Å². The number of methoxy groups -OCH3 is 1. The largest absolute Gasteiger partial charge is 0.481 e. The summed E-state index contributed by atoms with van der Waals surface area (Å²) in [6.45, 7) is 2.52. The molecule has 0 radical (unpaired) electrons. The van der Waals surface area contributed by atoms with Gasteiger partial charge >= 0.3 is 5.97 Å². The fourth-order valence-corrected chi connectivity index (χ4v) is 1.93. The zero-order chi connectivity index (χ0) is 14.4. The number of carbonyl (C=O) groups excluding carboxylic acids is 2. The molecule has 1 heterocycles. The summed E-state index contributed by atoms with van der Waals surface area (Å²) in [5, 5.41) is 11.4. The summed E-state index contributed by atoms with van der Waals surface area (Å²) in [5.41, 5.74) is 0. The predicted molar refractivity (Wildman–Crippen MR) is 66.4 cm³/mol. The fraction of sp³-hybridized carbons (Fsp3) is 0.750. The van der Waals surface area contributed by atoms with Gasteiger partial charge in [0.15, 0.2) is 0 Å². The number of hydrogen-bond donors (Lipinski definition) is 2. The van der Waals surface area contributed by atoms with E-state index < -0.39 is 17.8 Å². The number of nitrogens with zero attached hydrogens (tertiary/aromatic N) is 1. The number of carbonyl (C=O) groups is 3. The highest BCUT2D eigenvalue weighted by molar-refractivity contribution is 5.96. The molecule has 0 aromatic carbocycles. The third kappa shape index (κ3) is 4.51. The summed E-state index contributed by atoms with van der Waals surface area (Å²) in [6, 6.07) is -0.0686. The lowest BCUT2D eigenvalue weighted by Gasteiger charge is -2.32. The van der Waals surface area contributed by atoms with Crippen molar-refractivity contribution < 1.29 is 24.2 Å². The second-order valence-electron chi connectivity index (χ2n) is 4.66. The van der Waals surface area contributed by atoms with Crippen LogP contribution >= 0.6 is 0 Å². The smallest absolute Gasteiger partial charge is 0.315 e. The van der Waals surface area contributed by atoms with Gasteiger partial charge in [0.25, 0.3) is 0 Å². The van der Waals surface area contributed by atoms with E-state index in [-0.39, 0.29) is 18.6 Å². The Morgan fingerprint density at radius 1 is 1.37 bits per heavy atom. The van der Waals surface area contributed by atoms with Gasteiger partial charge in [-0.2, -0.15) is 0 Å². The standard InChI is InChI=1S/C12H20N2O5/c1-8(12(17)18)11(16)13-9-3-5-14(6-4-9)10(15)7-19-2/h8-9H,3-7H2,1-2H3,(H,13,16)(H,17,18). The molecule has 7 nitrogen and oxygen atoms in total. The second kappa shape index (κ2) is 7.08. The Morgan fingerprint density at radius 2 is 1.95 bits per heavy atom. The zero-order valence-electron chi connectivity index (χ0n) is 11.2. The molecule has 0 bridgehead atoms. The average molecular weight is 272 g/mol. The highest BCUT2D eigenvalue weighted by Crippen LogP contribution is 2.11. The summed E-state index contributed by atoms with van der Waals surface area (Å²) >= 11 is 0. The van der Waals surface area contributed by atoms with Crippen LogP contribution in [0, 0.1) is 5.92 Å². The Balaban J connectivity index is 2.36. The van der Waals surface area contributed by atoms with Crippen LogP contribution in [0.4, 0.5) is 0 Å². The first-order valence-corrected chi connectivity index (χ1v) is 6.25. The monoisotopic (exact) mass is 272 g/mol. The van der Waals surface area contributed by atoms with Crippen LogP contribution in [0.2, 0.25) is 0 Å². The molecule has 0 aliphatic carbocycles. The highest BCUT2D eigenvalue weighted by Gasteiger charge is 2.27. The number of hydrogen-bond acceptors (Lipinski definition) is 4. The van der Waals surface area contributed by atoms with Crippen molar-refractivity contribution in [1.29, 1.82) is 0 Å². The maximum absolute atomic E-state index is 11.6. The summed E-state index contributed by atoms with van der Waals surface area (Å²) in [4.78, 5) is 35.5. The van der Waals surface area contributed by atoms with Gasteiger partial charge in [-0.15, -0.1) is 0 Å². The van der Waals surface area contributed by atoms with Gasteiger partial charge in [-0.1, -0.05) is 0 Å². The summed E-state index contributed by atoms with van der Waals surface area (Å²) in [7, 11) is 1.47. The minimum Gasteiger partial charge on any atom is -0.481 e. The van der Waals surface area contributed by atoms with Crippen LogP contribution in [-0.2, 0) is 19.1 Å². The lowest BCUT2D eigenvalue weighted by atomic mass is 10.0. The Bertz CT molecular complexity index is 350. The molecule has 7 heteroatoms. The van der Waals surface area contributed by atoms with Gasteiger partial charge in [0.1, 0.15) is 12.5 Å². The van der Waals surface area contributed by atoms with Gasteiger partial charge in [-0.3, -0.25) is 14.4 Å². The molecular weight excluding hydrogens is 252 g/mol. The third-order valence-corrected chi connectivity index (χ3v) is 3.23. The van der Waals surface area contributed by atoms with Crippen LogP contribution in [0.1, 0.15) is 19.8 Å². The van der Waals surface area contributed by atoms with Crippen molar-refractivity contribution in [2.45, 2.75) is 25.8 Å². The highest BCUT2D eigenvalue weighted by atomic mass is 16.5. The van der Waals surface area contributed by atoms with Crippen LogP contribution < -0.4 is 5.32 Å². The van der Waals surface area contributed by atoms with E-state index in [0.29, 0.717) is 25.9 Å². The first-order chi connectivity index (χ1) is 8.95. The predicted octanol–water partition coefficient (Wildman–Crippen LogP) is -0.539. The van der Waals surface area contributed by atoms with Crippen LogP contribution in [0.5, 0.6) is 0 Å². The molecule has 1 fully saturated rings. The number of aliphatic carboxylic acids is 1. The molecule has 1 rings (SSSR count). The molecule has 0 aromatic heterocycles. The number of likely N-dealkylation sites (tertiary alicyclic amines) is 1. The number of nitrogens with one attached hydrogen (secondary N) is 1. The quantitative estimate of drug-likeness (QED) is 0.655. The van der Waals surface area contributed by atoms with Crippen LogP contribution in [0.15, 0.2) is 0 Å². The topological polar surface area (TPSA) is 95.9 Å². The molecule has 0 aromatic rings. The molecule has 108 valence electrons. The van der Waals surface area contributed by atoms with Gasteiger partial charge in [0.05, 0.1) is 0 Å². The molecule has 1 aliphatic heterocycles. The summed E-state index contributed by atoms with van der Waals surface area (Å²) < 4.78 is 4.78. The minimum atomic E-state index is -1.13. The van der Waals surface area contributed by atoms with Crippen molar-refractivity contribution >= 4 is 17.8 Å². The Morgan fingerprint density at radius 3 is 2.42 bits per heavy atom. The molecule has 1 saturated heterocycles.